The molecule has 5 nitrogen and oxygen atoms in total. The molecule has 0 spiro atoms. The number of halogens is 1. The molecule has 1 heterocycles. The van der Waals surface area contributed by atoms with E-state index in [0.717, 1.165) is 0 Å². The maximum absolute atomic E-state index is 10.8. The average molecular weight is 230 g/mol. The Bertz CT molecular complexity index is 366. The Morgan fingerprint density at radius 1 is 1.47 bits per heavy atom. The highest BCUT2D eigenvalue weighted by Gasteiger charge is 2.19. The predicted molar refractivity (Wildman–Crippen MR) is 59.5 cm³/mol. The molecule has 0 amide bonds. The lowest BCUT2D eigenvalue weighted by atomic mass is 10.3. The van der Waals surface area contributed by atoms with Gasteiger partial charge in [0, 0.05) is 19.2 Å². The second-order valence-electron chi connectivity index (χ2n) is 2.91. The van der Waals surface area contributed by atoms with Gasteiger partial charge in [-0.05, 0) is 19.9 Å². The number of rotatable bonds is 4. The molecule has 0 fully saturated rings. The van der Waals surface area contributed by atoms with Crippen LogP contribution in [-0.2, 0) is 0 Å². The maximum Gasteiger partial charge on any atom is 0.311 e. The van der Waals surface area contributed by atoms with Gasteiger partial charge in [-0.3, -0.25) is 10.1 Å². The molecule has 1 rings (SSSR count). The van der Waals surface area contributed by atoms with E-state index in [4.69, 9.17) is 11.6 Å². The summed E-state index contributed by atoms with van der Waals surface area (Å²) in [5.41, 5.74) is -0.0110. The number of nitro groups is 1. The van der Waals surface area contributed by atoms with Crippen molar-refractivity contribution in [2.75, 3.05) is 18.0 Å². The number of aromatic nitrogens is 1. The van der Waals surface area contributed by atoms with Gasteiger partial charge in [0.05, 0.1) is 4.92 Å². The molecule has 6 heteroatoms. The lowest BCUT2D eigenvalue weighted by Gasteiger charge is -2.19. The summed E-state index contributed by atoms with van der Waals surface area (Å²) in [6.45, 7) is 5.14. The zero-order chi connectivity index (χ0) is 11.4. The molecule has 0 atom stereocenters. The zero-order valence-corrected chi connectivity index (χ0v) is 9.36. The molecule has 0 saturated heterocycles. The summed E-state index contributed by atoms with van der Waals surface area (Å²) in [4.78, 5) is 16.1. The Balaban J connectivity index is 3.22. The molecule has 1 aromatic rings. The zero-order valence-electron chi connectivity index (χ0n) is 8.61. The minimum atomic E-state index is -0.447. The summed E-state index contributed by atoms with van der Waals surface area (Å²) < 4.78 is 0. The van der Waals surface area contributed by atoms with Gasteiger partial charge >= 0.3 is 5.69 Å². The first-order chi connectivity index (χ1) is 7.10. The van der Waals surface area contributed by atoms with Gasteiger partial charge < -0.3 is 4.90 Å². The van der Waals surface area contributed by atoms with E-state index >= 15 is 0 Å². The SMILES string of the molecule is CCN(CC)c1nc(Cl)ccc1[N+](=O)[O-]. The number of hydrogen-bond donors (Lipinski definition) is 0. The summed E-state index contributed by atoms with van der Waals surface area (Å²) in [7, 11) is 0. The molecule has 0 aliphatic heterocycles. The van der Waals surface area contributed by atoms with Crippen molar-refractivity contribution < 1.29 is 4.92 Å². The van der Waals surface area contributed by atoms with Gasteiger partial charge in [0.2, 0.25) is 5.82 Å². The van der Waals surface area contributed by atoms with Crippen molar-refractivity contribution >= 4 is 23.1 Å². The van der Waals surface area contributed by atoms with Gasteiger partial charge in [-0.1, -0.05) is 11.6 Å². The van der Waals surface area contributed by atoms with Crippen LogP contribution in [0.4, 0.5) is 11.5 Å². The van der Waals surface area contributed by atoms with Crippen molar-refractivity contribution in [3.8, 4) is 0 Å². The van der Waals surface area contributed by atoms with Crippen LogP contribution in [0, 0.1) is 10.1 Å². The Hall–Kier alpha value is -1.36. The highest BCUT2D eigenvalue weighted by molar-refractivity contribution is 6.29. The summed E-state index contributed by atoms with van der Waals surface area (Å²) >= 11 is 5.72. The highest BCUT2D eigenvalue weighted by atomic mass is 35.5. The van der Waals surface area contributed by atoms with Gasteiger partial charge in [0.25, 0.3) is 0 Å². The van der Waals surface area contributed by atoms with E-state index in [0.29, 0.717) is 18.9 Å². The molecule has 0 N–H and O–H groups in total. The van der Waals surface area contributed by atoms with Crippen LogP contribution in [0.3, 0.4) is 0 Å². The van der Waals surface area contributed by atoms with E-state index in [9.17, 15) is 10.1 Å². The lowest BCUT2D eigenvalue weighted by Crippen LogP contribution is -2.24. The van der Waals surface area contributed by atoms with Crippen molar-refractivity contribution in [3.63, 3.8) is 0 Å². The monoisotopic (exact) mass is 229 g/mol. The number of hydrogen-bond acceptors (Lipinski definition) is 4. The van der Waals surface area contributed by atoms with Gasteiger partial charge in [-0.2, -0.15) is 0 Å². The van der Waals surface area contributed by atoms with Crippen LogP contribution < -0.4 is 4.90 Å². The Morgan fingerprint density at radius 3 is 2.53 bits per heavy atom. The average Bonchev–Trinajstić information content (AvgIpc) is 2.19. The molecule has 0 aliphatic rings. The normalized spacial score (nSPS) is 10.1. The molecule has 82 valence electrons. The summed E-state index contributed by atoms with van der Waals surface area (Å²) in [5.74, 6) is 0.331. The molecule has 15 heavy (non-hydrogen) atoms. The predicted octanol–water partition coefficient (Wildman–Crippen LogP) is 2.49. The Kier molecular flexibility index (Phi) is 3.85. The molecule has 0 bridgehead atoms. The number of pyridine rings is 1. The number of nitrogens with zero attached hydrogens (tertiary/aromatic N) is 3. The highest BCUT2D eigenvalue weighted by Crippen LogP contribution is 2.27. The molecule has 0 aliphatic carbocycles. The first-order valence-electron chi connectivity index (χ1n) is 4.66. The van der Waals surface area contributed by atoms with Gasteiger partial charge in [-0.15, -0.1) is 0 Å². The van der Waals surface area contributed by atoms with E-state index in [2.05, 4.69) is 4.98 Å². The lowest BCUT2D eigenvalue weighted by molar-refractivity contribution is -0.384. The van der Waals surface area contributed by atoms with Crippen molar-refractivity contribution in [2.45, 2.75) is 13.8 Å². The fraction of sp³-hybridized carbons (Fsp3) is 0.444. The maximum atomic E-state index is 10.8. The van der Waals surface area contributed by atoms with Crippen LogP contribution in [-0.4, -0.2) is 23.0 Å². The Labute approximate surface area is 92.8 Å². The summed E-state index contributed by atoms with van der Waals surface area (Å²) in [5, 5.41) is 11.0. The van der Waals surface area contributed by atoms with Crippen LogP contribution in [0.5, 0.6) is 0 Å². The topological polar surface area (TPSA) is 59.3 Å². The van der Waals surface area contributed by atoms with E-state index in [1.165, 1.54) is 12.1 Å². The van der Waals surface area contributed by atoms with Crippen LogP contribution >= 0.6 is 11.6 Å². The second-order valence-corrected chi connectivity index (χ2v) is 3.29. The first kappa shape index (κ1) is 11.7. The fourth-order valence-corrected chi connectivity index (χ4v) is 1.46. The van der Waals surface area contributed by atoms with Crippen molar-refractivity contribution in [1.82, 2.24) is 4.98 Å². The quantitative estimate of drug-likeness (QED) is 0.452. The van der Waals surface area contributed by atoms with Gasteiger partial charge in [0.15, 0.2) is 0 Å². The summed E-state index contributed by atoms with van der Waals surface area (Å²) in [6, 6.07) is 2.80. The first-order valence-corrected chi connectivity index (χ1v) is 5.03. The van der Waals surface area contributed by atoms with Crippen LogP contribution in [0.15, 0.2) is 12.1 Å². The molecule has 0 saturated carbocycles. The minimum absolute atomic E-state index is 0.0110. The molecule has 0 radical (unpaired) electrons. The molecular formula is C9H12ClN3O2. The van der Waals surface area contributed by atoms with Gasteiger partial charge in [-0.25, -0.2) is 4.98 Å². The third kappa shape index (κ3) is 2.56. The van der Waals surface area contributed by atoms with Crippen LogP contribution in [0.2, 0.25) is 5.15 Å². The second kappa shape index (κ2) is 4.93. The Morgan fingerprint density at radius 2 is 2.07 bits per heavy atom. The molecule has 0 aromatic carbocycles. The van der Waals surface area contributed by atoms with Crippen molar-refractivity contribution in [2.24, 2.45) is 0 Å². The van der Waals surface area contributed by atoms with Crippen LogP contribution in [0.1, 0.15) is 13.8 Å². The fourth-order valence-electron chi connectivity index (χ4n) is 1.32. The standard InChI is InChI=1S/C9H12ClN3O2/c1-3-12(4-2)9-7(13(14)15)5-6-8(10)11-9/h5-6H,3-4H2,1-2H3. The van der Waals surface area contributed by atoms with E-state index < -0.39 is 4.92 Å². The third-order valence-corrected chi connectivity index (χ3v) is 2.29. The largest absolute Gasteiger partial charge is 0.351 e. The van der Waals surface area contributed by atoms with Crippen molar-refractivity contribution in [1.29, 1.82) is 0 Å². The van der Waals surface area contributed by atoms with Crippen molar-refractivity contribution in [3.05, 3.63) is 27.4 Å². The van der Waals surface area contributed by atoms with Gasteiger partial charge in [0.1, 0.15) is 5.15 Å². The summed E-state index contributed by atoms with van der Waals surface area (Å²) in [6.07, 6.45) is 0. The van der Waals surface area contributed by atoms with E-state index in [1.807, 2.05) is 13.8 Å². The third-order valence-electron chi connectivity index (χ3n) is 2.08. The van der Waals surface area contributed by atoms with E-state index in [1.54, 1.807) is 4.90 Å². The van der Waals surface area contributed by atoms with E-state index in [-0.39, 0.29) is 10.8 Å². The minimum Gasteiger partial charge on any atom is -0.351 e. The molecule has 0 unspecified atom stereocenters. The smallest absolute Gasteiger partial charge is 0.311 e. The number of anilines is 1. The molecular weight excluding hydrogens is 218 g/mol. The van der Waals surface area contributed by atoms with Crippen LogP contribution in [0.25, 0.3) is 0 Å². The molecule has 1 aromatic heterocycles.